The molecule has 0 amide bonds. The molecule has 4 heteroatoms. The zero-order valence-corrected chi connectivity index (χ0v) is 5.76. The first kappa shape index (κ1) is 7.37. The lowest BCUT2D eigenvalue weighted by atomic mass is 10.1. The normalized spacial score (nSPS) is 32.1. The Hall–Kier alpha value is -0.740. The lowest BCUT2D eigenvalue weighted by Crippen LogP contribution is -2.39. The Balaban J connectivity index is 2.54. The van der Waals surface area contributed by atoms with Gasteiger partial charge in [0, 0.05) is 12.7 Å². The molecule has 4 nitrogen and oxygen atoms in total. The van der Waals surface area contributed by atoms with E-state index in [1.807, 2.05) is 6.92 Å². The van der Waals surface area contributed by atoms with Crippen molar-refractivity contribution in [3.8, 4) is 0 Å². The molecule has 1 rings (SSSR count). The molecule has 1 aliphatic heterocycles. The molecule has 1 aliphatic rings. The minimum absolute atomic E-state index is 0.0673. The number of hydrogen-bond acceptors (Lipinski definition) is 4. The highest BCUT2D eigenvalue weighted by atomic mass is 16.2. The van der Waals surface area contributed by atoms with E-state index in [2.05, 4.69) is 10.6 Å². The summed E-state index contributed by atoms with van der Waals surface area (Å²) in [6, 6.07) is -0.254. The van der Waals surface area contributed by atoms with Crippen LogP contribution in [0.1, 0.15) is 6.92 Å². The molecule has 0 aliphatic carbocycles. The molecular weight excluding hydrogens is 132 g/mol. The summed E-state index contributed by atoms with van der Waals surface area (Å²) in [4.78, 5) is 20.8. The molecule has 1 saturated heterocycles. The van der Waals surface area contributed by atoms with Crippen molar-refractivity contribution in [2.75, 3.05) is 6.67 Å². The standard InChI is InChI=1S/C6H10N2O2/c1-4-6(5(10)2-9)8-3-7-4/h2,4,6-8H,3H2,1H3. The van der Waals surface area contributed by atoms with Crippen molar-refractivity contribution in [2.45, 2.75) is 19.0 Å². The van der Waals surface area contributed by atoms with E-state index in [4.69, 9.17) is 0 Å². The smallest absolute Gasteiger partial charge is 0.213 e. The van der Waals surface area contributed by atoms with Crippen molar-refractivity contribution >= 4 is 12.1 Å². The van der Waals surface area contributed by atoms with E-state index >= 15 is 0 Å². The van der Waals surface area contributed by atoms with E-state index in [9.17, 15) is 9.59 Å². The molecule has 10 heavy (non-hydrogen) atoms. The molecule has 2 atom stereocenters. The van der Waals surface area contributed by atoms with Gasteiger partial charge in [0.25, 0.3) is 0 Å². The Morgan fingerprint density at radius 2 is 2.30 bits per heavy atom. The summed E-state index contributed by atoms with van der Waals surface area (Å²) in [5, 5.41) is 5.86. The van der Waals surface area contributed by atoms with Gasteiger partial charge in [-0.3, -0.25) is 20.2 Å². The quantitative estimate of drug-likeness (QED) is 0.370. The van der Waals surface area contributed by atoms with E-state index in [-0.39, 0.29) is 17.9 Å². The summed E-state index contributed by atoms with van der Waals surface area (Å²) in [5.41, 5.74) is 0. The summed E-state index contributed by atoms with van der Waals surface area (Å²) in [7, 11) is 0. The number of ketones is 1. The number of hydrogen-bond donors (Lipinski definition) is 2. The van der Waals surface area contributed by atoms with Crippen molar-refractivity contribution < 1.29 is 9.59 Å². The fraction of sp³-hybridized carbons (Fsp3) is 0.667. The van der Waals surface area contributed by atoms with Gasteiger partial charge in [0.05, 0.1) is 6.04 Å². The van der Waals surface area contributed by atoms with Crippen LogP contribution in [0.25, 0.3) is 0 Å². The van der Waals surface area contributed by atoms with Gasteiger partial charge in [-0.25, -0.2) is 0 Å². The first-order valence-corrected chi connectivity index (χ1v) is 3.21. The molecule has 0 aromatic heterocycles. The number of carbonyl (C=O) groups is 2. The predicted molar refractivity (Wildman–Crippen MR) is 35.5 cm³/mol. The number of Topliss-reactive ketones (excluding diaryl/α,β-unsaturated/α-hetero) is 1. The van der Waals surface area contributed by atoms with Crippen LogP contribution in [0.5, 0.6) is 0 Å². The predicted octanol–water partition coefficient (Wildman–Crippen LogP) is -1.34. The average Bonchev–Trinajstić information content (AvgIpc) is 2.34. The van der Waals surface area contributed by atoms with Crippen LogP contribution in [0.2, 0.25) is 0 Å². The molecule has 0 aromatic rings. The number of aldehydes is 1. The van der Waals surface area contributed by atoms with Gasteiger partial charge in [-0.15, -0.1) is 0 Å². The SMILES string of the molecule is CC1NCNC1C(=O)C=O. The van der Waals surface area contributed by atoms with Crippen LogP contribution in [0, 0.1) is 0 Å². The summed E-state index contributed by atoms with van der Waals surface area (Å²) in [6.45, 7) is 2.47. The van der Waals surface area contributed by atoms with Crippen LogP contribution < -0.4 is 10.6 Å². The number of carbonyl (C=O) groups excluding carboxylic acids is 2. The molecule has 0 saturated carbocycles. The first-order chi connectivity index (χ1) is 4.75. The van der Waals surface area contributed by atoms with Gasteiger partial charge >= 0.3 is 0 Å². The maximum Gasteiger partial charge on any atom is 0.213 e. The highest BCUT2D eigenvalue weighted by molar-refractivity contribution is 6.27. The summed E-state index contributed by atoms with van der Waals surface area (Å²) in [6.07, 6.45) is 0.362. The third-order valence-electron chi connectivity index (χ3n) is 1.67. The fourth-order valence-corrected chi connectivity index (χ4v) is 1.04. The van der Waals surface area contributed by atoms with Crippen LogP contribution in [0.4, 0.5) is 0 Å². The third-order valence-corrected chi connectivity index (χ3v) is 1.67. The molecule has 0 bridgehead atoms. The summed E-state index contributed by atoms with van der Waals surface area (Å²) < 4.78 is 0. The van der Waals surface area contributed by atoms with Crippen LogP contribution in [-0.2, 0) is 9.59 Å². The van der Waals surface area contributed by atoms with Crippen molar-refractivity contribution in [3.05, 3.63) is 0 Å². The molecule has 0 radical (unpaired) electrons. The van der Waals surface area contributed by atoms with E-state index in [0.29, 0.717) is 13.0 Å². The van der Waals surface area contributed by atoms with Crippen LogP contribution in [0.3, 0.4) is 0 Å². The highest BCUT2D eigenvalue weighted by Crippen LogP contribution is 1.97. The molecule has 0 aromatic carbocycles. The second-order valence-corrected chi connectivity index (χ2v) is 2.37. The maximum absolute atomic E-state index is 10.8. The zero-order valence-electron chi connectivity index (χ0n) is 5.76. The van der Waals surface area contributed by atoms with E-state index in [0.717, 1.165) is 0 Å². The topological polar surface area (TPSA) is 58.2 Å². The van der Waals surface area contributed by atoms with Gasteiger partial charge in [-0.05, 0) is 6.92 Å². The van der Waals surface area contributed by atoms with Gasteiger partial charge in [-0.2, -0.15) is 0 Å². The third kappa shape index (κ3) is 1.22. The lowest BCUT2D eigenvalue weighted by molar-refractivity contribution is -0.131. The molecule has 56 valence electrons. The first-order valence-electron chi connectivity index (χ1n) is 3.21. The highest BCUT2D eigenvalue weighted by Gasteiger charge is 2.27. The molecule has 2 unspecified atom stereocenters. The number of nitrogens with one attached hydrogen (secondary N) is 2. The summed E-state index contributed by atoms with van der Waals surface area (Å²) >= 11 is 0. The van der Waals surface area contributed by atoms with Gasteiger partial charge in [0.15, 0.2) is 6.29 Å². The van der Waals surface area contributed by atoms with Crippen LogP contribution in [-0.4, -0.2) is 30.8 Å². The van der Waals surface area contributed by atoms with Crippen molar-refractivity contribution in [2.24, 2.45) is 0 Å². The zero-order chi connectivity index (χ0) is 7.56. The molecule has 0 spiro atoms. The van der Waals surface area contributed by atoms with Crippen LogP contribution in [0.15, 0.2) is 0 Å². The van der Waals surface area contributed by atoms with Crippen molar-refractivity contribution in [1.29, 1.82) is 0 Å². The Labute approximate surface area is 59.0 Å². The minimum atomic E-state index is -0.377. The van der Waals surface area contributed by atoms with E-state index in [1.165, 1.54) is 0 Å². The van der Waals surface area contributed by atoms with Gasteiger partial charge < -0.3 is 0 Å². The van der Waals surface area contributed by atoms with Gasteiger partial charge in [0.1, 0.15) is 0 Å². The Bertz CT molecular complexity index is 158. The second-order valence-electron chi connectivity index (χ2n) is 2.37. The number of rotatable bonds is 2. The summed E-state index contributed by atoms with van der Waals surface area (Å²) in [5.74, 6) is -0.377. The largest absolute Gasteiger partial charge is 0.300 e. The lowest BCUT2D eigenvalue weighted by Gasteiger charge is -2.08. The van der Waals surface area contributed by atoms with E-state index in [1.54, 1.807) is 0 Å². The second kappa shape index (κ2) is 2.90. The van der Waals surface area contributed by atoms with Gasteiger partial charge in [0.2, 0.25) is 5.78 Å². The molecule has 2 N–H and O–H groups in total. The Kier molecular flexibility index (Phi) is 2.13. The fourth-order valence-electron chi connectivity index (χ4n) is 1.04. The Morgan fingerprint density at radius 1 is 1.60 bits per heavy atom. The maximum atomic E-state index is 10.8. The minimum Gasteiger partial charge on any atom is -0.300 e. The average molecular weight is 142 g/mol. The van der Waals surface area contributed by atoms with Crippen molar-refractivity contribution in [1.82, 2.24) is 10.6 Å². The van der Waals surface area contributed by atoms with Gasteiger partial charge in [-0.1, -0.05) is 0 Å². The van der Waals surface area contributed by atoms with E-state index < -0.39 is 0 Å². The molecule has 1 fully saturated rings. The monoisotopic (exact) mass is 142 g/mol. The van der Waals surface area contributed by atoms with Crippen LogP contribution >= 0.6 is 0 Å². The molecule has 1 heterocycles. The van der Waals surface area contributed by atoms with Crippen molar-refractivity contribution in [3.63, 3.8) is 0 Å². The molecular formula is C6H10N2O2. The Morgan fingerprint density at radius 3 is 2.70 bits per heavy atom.